The lowest BCUT2D eigenvalue weighted by atomic mass is 10.2. The van der Waals surface area contributed by atoms with Gasteiger partial charge in [-0.25, -0.2) is 4.98 Å². The Kier molecular flexibility index (Phi) is 7.06. The Bertz CT molecular complexity index is 541. The van der Waals surface area contributed by atoms with Crippen molar-refractivity contribution in [3.8, 4) is 0 Å². The molecule has 0 unspecified atom stereocenters. The molecule has 0 amide bonds. The van der Waals surface area contributed by atoms with E-state index >= 15 is 0 Å². The molecule has 0 bridgehead atoms. The molecule has 0 spiro atoms. The molecule has 0 aliphatic heterocycles. The van der Waals surface area contributed by atoms with E-state index in [1.807, 2.05) is 0 Å². The standard InChI is InChI=1S/C16H25N3OS/c1-3-4-9-20-10-7-17-8-11-21-16-18-14-6-5-13(2)12-15(14)19-16/h5-6,12,17H,3-4,7-11H2,1-2H3,(H,18,19). The van der Waals surface area contributed by atoms with Crippen molar-refractivity contribution in [2.45, 2.75) is 31.8 Å². The SMILES string of the molecule is CCCCOCCNCCSc1nc2ccc(C)cc2[nH]1. The van der Waals surface area contributed by atoms with E-state index in [1.165, 1.54) is 12.0 Å². The molecule has 2 aromatic rings. The molecular formula is C16H25N3OS. The Morgan fingerprint density at radius 3 is 3.05 bits per heavy atom. The van der Waals surface area contributed by atoms with E-state index in [-0.39, 0.29) is 0 Å². The van der Waals surface area contributed by atoms with Crippen LogP contribution in [-0.4, -0.2) is 42.0 Å². The van der Waals surface area contributed by atoms with Gasteiger partial charge in [0.1, 0.15) is 0 Å². The number of hydrogen-bond donors (Lipinski definition) is 2. The highest BCUT2D eigenvalue weighted by atomic mass is 32.2. The van der Waals surface area contributed by atoms with E-state index in [9.17, 15) is 0 Å². The first-order valence-corrected chi connectivity index (χ1v) is 8.66. The molecule has 116 valence electrons. The van der Waals surface area contributed by atoms with Gasteiger partial charge >= 0.3 is 0 Å². The van der Waals surface area contributed by atoms with Gasteiger partial charge in [-0.3, -0.25) is 0 Å². The van der Waals surface area contributed by atoms with Crippen LogP contribution in [0, 0.1) is 6.92 Å². The number of ether oxygens (including phenoxy) is 1. The first-order chi connectivity index (χ1) is 10.3. The third-order valence-electron chi connectivity index (χ3n) is 3.20. The molecule has 0 saturated carbocycles. The summed E-state index contributed by atoms with van der Waals surface area (Å²) in [7, 11) is 0. The summed E-state index contributed by atoms with van der Waals surface area (Å²) in [5.74, 6) is 1.01. The molecule has 2 N–H and O–H groups in total. The van der Waals surface area contributed by atoms with E-state index in [0.717, 1.165) is 54.7 Å². The summed E-state index contributed by atoms with van der Waals surface area (Å²) in [5, 5.41) is 4.38. The van der Waals surface area contributed by atoms with Crippen molar-refractivity contribution in [1.29, 1.82) is 0 Å². The van der Waals surface area contributed by atoms with Gasteiger partial charge in [-0.05, 0) is 31.0 Å². The van der Waals surface area contributed by atoms with Crippen LogP contribution in [0.25, 0.3) is 11.0 Å². The molecule has 0 atom stereocenters. The first-order valence-electron chi connectivity index (χ1n) is 7.67. The Morgan fingerprint density at radius 1 is 1.29 bits per heavy atom. The van der Waals surface area contributed by atoms with Gasteiger partial charge in [0.05, 0.1) is 17.6 Å². The molecular weight excluding hydrogens is 282 g/mol. The summed E-state index contributed by atoms with van der Waals surface area (Å²) in [6.45, 7) is 7.85. The maximum Gasteiger partial charge on any atom is 0.166 e. The third-order valence-corrected chi connectivity index (χ3v) is 4.07. The van der Waals surface area contributed by atoms with Gasteiger partial charge in [-0.2, -0.15) is 0 Å². The topological polar surface area (TPSA) is 49.9 Å². The fraction of sp³-hybridized carbons (Fsp3) is 0.562. The van der Waals surface area contributed by atoms with Crippen molar-refractivity contribution >= 4 is 22.8 Å². The quantitative estimate of drug-likeness (QED) is 0.522. The van der Waals surface area contributed by atoms with E-state index < -0.39 is 0 Å². The summed E-state index contributed by atoms with van der Waals surface area (Å²) < 4.78 is 5.50. The van der Waals surface area contributed by atoms with Crippen LogP contribution < -0.4 is 5.32 Å². The smallest absolute Gasteiger partial charge is 0.166 e. The number of H-pyrrole nitrogens is 1. The summed E-state index contributed by atoms with van der Waals surface area (Å²) in [6.07, 6.45) is 2.35. The summed E-state index contributed by atoms with van der Waals surface area (Å²) >= 11 is 1.75. The molecule has 2 rings (SSSR count). The average molecular weight is 307 g/mol. The number of fused-ring (bicyclic) bond motifs is 1. The van der Waals surface area contributed by atoms with Crippen molar-refractivity contribution in [3.63, 3.8) is 0 Å². The average Bonchev–Trinajstić information content (AvgIpc) is 2.87. The molecule has 0 saturated heterocycles. The molecule has 1 aromatic heterocycles. The number of aromatic amines is 1. The van der Waals surface area contributed by atoms with Crippen LogP contribution in [0.5, 0.6) is 0 Å². The van der Waals surface area contributed by atoms with Gasteiger partial charge < -0.3 is 15.0 Å². The molecule has 0 radical (unpaired) electrons. The van der Waals surface area contributed by atoms with E-state index in [2.05, 4.69) is 47.3 Å². The predicted octanol–water partition coefficient (Wildman–Crippen LogP) is 3.37. The minimum atomic E-state index is 0.800. The molecule has 4 nitrogen and oxygen atoms in total. The molecule has 1 aromatic carbocycles. The lowest BCUT2D eigenvalue weighted by Gasteiger charge is -2.04. The van der Waals surface area contributed by atoms with Crippen LogP contribution in [0.1, 0.15) is 25.3 Å². The first kappa shape index (κ1) is 16.3. The van der Waals surface area contributed by atoms with E-state index in [1.54, 1.807) is 11.8 Å². The lowest BCUT2D eigenvalue weighted by Crippen LogP contribution is -2.22. The number of nitrogens with one attached hydrogen (secondary N) is 2. The Hall–Kier alpha value is -1.04. The second-order valence-corrected chi connectivity index (χ2v) is 6.21. The largest absolute Gasteiger partial charge is 0.380 e. The fourth-order valence-corrected chi connectivity index (χ4v) is 2.79. The van der Waals surface area contributed by atoms with E-state index in [0.29, 0.717) is 0 Å². The number of aryl methyl sites for hydroxylation is 1. The number of benzene rings is 1. The number of aromatic nitrogens is 2. The Labute approximate surface area is 131 Å². The number of hydrogen-bond acceptors (Lipinski definition) is 4. The normalized spacial score (nSPS) is 11.3. The molecule has 21 heavy (non-hydrogen) atoms. The highest BCUT2D eigenvalue weighted by Gasteiger charge is 2.02. The fourth-order valence-electron chi connectivity index (χ4n) is 2.01. The van der Waals surface area contributed by atoms with Crippen LogP contribution in [-0.2, 0) is 4.74 Å². The van der Waals surface area contributed by atoms with Crippen molar-refractivity contribution in [2.24, 2.45) is 0 Å². The van der Waals surface area contributed by atoms with Gasteiger partial charge in [-0.15, -0.1) is 0 Å². The second kappa shape index (κ2) is 9.07. The van der Waals surface area contributed by atoms with Crippen molar-refractivity contribution in [2.75, 3.05) is 32.1 Å². The number of rotatable bonds is 10. The number of nitrogens with zero attached hydrogens (tertiary/aromatic N) is 1. The zero-order valence-electron chi connectivity index (χ0n) is 12.9. The van der Waals surface area contributed by atoms with E-state index in [4.69, 9.17) is 4.74 Å². The number of imidazole rings is 1. The molecule has 0 fully saturated rings. The zero-order chi connectivity index (χ0) is 14.9. The highest BCUT2D eigenvalue weighted by Crippen LogP contribution is 2.19. The van der Waals surface area contributed by atoms with Crippen LogP contribution in [0.15, 0.2) is 23.4 Å². The van der Waals surface area contributed by atoms with Crippen LogP contribution in [0.4, 0.5) is 0 Å². The minimum Gasteiger partial charge on any atom is -0.380 e. The number of unbranched alkanes of at least 4 members (excludes halogenated alkanes) is 1. The van der Waals surface area contributed by atoms with Crippen molar-refractivity contribution < 1.29 is 4.74 Å². The Morgan fingerprint density at radius 2 is 2.19 bits per heavy atom. The Balaban J connectivity index is 1.59. The summed E-state index contributed by atoms with van der Waals surface area (Å²) in [4.78, 5) is 7.94. The molecule has 0 aliphatic rings. The maximum absolute atomic E-state index is 5.50. The zero-order valence-corrected chi connectivity index (χ0v) is 13.8. The molecule has 5 heteroatoms. The monoisotopic (exact) mass is 307 g/mol. The van der Waals surface area contributed by atoms with Crippen LogP contribution in [0.3, 0.4) is 0 Å². The third kappa shape index (κ3) is 5.69. The van der Waals surface area contributed by atoms with Crippen molar-refractivity contribution in [1.82, 2.24) is 15.3 Å². The van der Waals surface area contributed by atoms with Crippen molar-refractivity contribution in [3.05, 3.63) is 23.8 Å². The maximum atomic E-state index is 5.50. The van der Waals surface area contributed by atoms with Gasteiger partial charge in [0.2, 0.25) is 0 Å². The van der Waals surface area contributed by atoms with Gasteiger partial charge in [0.25, 0.3) is 0 Å². The summed E-state index contributed by atoms with van der Waals surface area (Å²) in [5.41, 5.74) is 3.42. The highest BCUT2D eigenvalue weighted by molar-refractivity contribution is 7.99. The van der Waals surface area contributed by atoms with Gasteiger partial charge in [0.15, 0.2) is 5.16 Å². The van der Waals surface area contributed by atoms with Gasteiger partial charge in [0, 0.05) is 25.4 Å². The number of thioether (sulfide) groups is 1. The lowest BCUT2D eigenvalue weighted by molar-refractivity contribution is 0.133. The van der Waals surface area contributed by atoms with Crippen LogP contribution >= 0.6 is 11.8 Å². The molecule has 0 aliphatic carbocycles. The van der Waals surface area contributed by atoms with Crippen LogP contribution in [0.2, 0.25) is 0 Å². The molecule has 1 heterocycles. The minimum absolute atomic E-state index is 0.800. The second-order valence-electron chi connectivity index (χ2n) is 5.13. The predicted molar refractivity (Wildman–Crippen MR) is 90.2 cm³/mol. The van der Waals surface area contributed by atoms with Gasteiger partial charge in [-0.1, -0.05) is 31.2 Å². The summed E-state index contributed by atoms with van der Waals surface area (Å²) in [6, 6.07) is 6.30.